The molecule has 0 aromatic heterocycles. The molecule has 0 aliphatic rings. The molecule has 0 heterocycles. The summed E-state index contributed by atoms with van der Waals surface area (Å²) in [6, 6.07) is 1.15. The van der Waals surface area contributed by atoms with Gasteiger partial charge in [0.2, 0.25) is 0 Å². The minimum absolute atomic E-state index is 0.196. The smallest absolute Gasteiger partial charge is 0.280 e. The average molecular weight is 221 g/mol. The molecule has 1 atom stereocenters. The largest absolute Gasteiger partial charge is 0.383 e. The Morgan fingerprint density at radius 2 is 2.21 bits per heavy atom. The number of methoxy groups -OCH3 is 1. The van der Waals surface area contributed by atoms with Crippen molar-refractivity contribution in [3.63, 3.8) is 0 Å². The van der Waals surface area contributed by atoms with E-state index in [0.29, 0.717) is 6.61 Å². The van der Waals surface area contributed by atoms with E-state index in [-0.39, 0.29) is 6.54 Å². The van der Waals surface area contributed by atoms with Crippen LogP contribution >= 0.6 is 0 Å². The first kappa shape index (κ1) is 13.3. The maximum atomic E-state index is 11.4. The topological polar surface area (TPSA) is 82.4 Å². The van der Waals surface area contributed by atoms with E-state index in [1.807, 2.05) is 6.07 Å². The van der Waals surface area contributed by atoms with Crippen LogP contribution in [0.1, 0.15) is 6.92 Å². The molecule has 0 rings (SSSR count). The predicted molar refractivity (Wildman–Crippen MR) is 51.6 cm³/mol. The number of hydrogen-bond acceptors (Lipinski definition) is 4. The molecule has 0 aliphatic heterocycles. The van der Waals surface area contributed by atoms with Gasteiger partial charge in [-0.2, -0.15) is 22.7 Å². The van der Waals surface area contributed by atoms with E-state index in [2.05, 4.69) is 4.72 Å². The summed E-state index contributed by atoms with van der Waals surface area (Å²) in [5, 5.41) is 8.53. The Bertz CT molecular complexity index is 296. The van der Waals surface area contributed by atoms with Gasteiger partial charge in [0.15, 0.2) is 0 Å². The number of rotatable bonds is 6. The molecular formula is C7H15N3O3S. The molecule has 1 unspecified atom stereocenters. The third kappa shape index (κ3) is 4.02. The Kier molecular flexibility index (Phi) is 5.64. The fourth-order valence-electron chi connectivity index (χ4n) is 0.664. The van der Waals surface area contributed by atoms with Gasteiger partial charge in [0.1, 0.15) is 6.04 Å². The van der Waals surface area contributed by atoms with Crippen molar-refractivity contribution >= 4 is 10.2 Å². The lowest BCUT2D eigenvalue weighted by atomic mass is 10.4. The second-order valence-corrected chi connectivity index (χ2v) is 4.53. The van der Waals surface area contributed by atoms with Crippen molar-refractivity contribution in [2.45, 2.75) is 13.0 Å². The number of ether oxygens (including phenoxy) is 1. The molecule has 0 amide bonds. The molecule has 0 aromatic rings. The molecule has 1 N–H and O–H groups in total. The third-order valence-corrected chi connectivity index (χ3v) is 3.35. The molecule has 14 heavy (non-hydrogen) atoms. The summed E-state index contributed by atoms with van der Waals surface area (Å²) in [6.07, 6.45) is 0. The summed E-state index contributed by atoms with van der Waals surface area (Å²) < 4.78 is 30.8. The van der Waals surface area contributed by atoms with Crippen molar-refractivity contribution in [1.82, 2.24) is 9.03 Å². The molecule has 0 bridgehead atoms. The Morgan fingerprint density at radius 1 is 1.64 bits per heavy atom. The van der Waals surface area contributed by atoms with Crippen molar-refractivity contribution in [3.05, 3.63) is 0 Å². The Labute approximate surface area is 84.6 Å². The van der Waals surface area contributed by atoms with E-state index < -0.39 is 16.3 Å². The van der Waals surface area contributed by atoms with E-state index in [1.54, 1.807) is 0 Å². The van der Waals surface area contributed by atoms with Crippen LogP contribution in [0.15, 0.2) is 0 Å². The van der Waals surface area contributed by atoms with Gasteiger partial charge >= 0.3 is 0 Å². The normalized spacial score (nSPS) is 13.9. The van der Waals surface area contributed by atoms with Crippen molar-refractivity contribution in [2.75, 3.05) is 27.3 Å². The molecule has 0 aromatic carbocycles. The van der Waals surface area contributed by atoms with Crippen molar-refractivity contribution < 1.29 is 13.2 Å². The van der Waals surface area contributed by atoms with Crippen LogP contribution in [0.25, 0.3) is 0 Å². The first-order valence-corrected chi connectivity index (χ1v) is 5.51. The highest BCUT2D eigenvalue weighted by atomic mass is 32.2. The standard InChI is InChI=1S/C7H15N3O3S/c1-7(6-8)10(2)14(11,12)9-4-5-13-3/h7,9H,4-5H2,1-3H3. The number of nitriles is 1. The highest BCUT2D eigenvalue weighted by Gasteiger charge is 2.21. The van der Waals surface area contributed by atoms with Gasteiger partial charge < -0.3 is 4.74 Å². The fraction of sp³-hybridized carbons (Fsp3) is 0.857. The molecule has 0 saturated carbocycles. The van der Waals surface area contributed by atoms with E-state index >= 15 is 0 Å². The summed E-state index contributed by atoms with van der Waals surface area (Å²) in [5.41, 5.74) is 0. The van der Waals surface area contributed by atoms with Gasteiger partial charge in [-0.25, -0.2) is 0 Å². The van der Waals surface area contributed by atoms with Gasteiger partial charge in [0.25, 0.3) is 10.2 Å². The summed E-state index contributed by atoms with van der Waals surface area (Å²) in [5.74, 6) is 0. The van der Waals surface area contributed by atoms with Crippen LogP contribution in [-0.2, 0) is 14.9 Å². The molecule has 0 saturated heterocycles. The minimum Gasteiger partial charge on any atom is -0.383 e. The first-order chi connectivity index (χ1) is 6.45. The van der Waals surface area contributed by atoms with Crippen LogP contribution in [-0.4, -0.2) is 46.1 Å². The molecule has 82 valence electrons. The molecule has 0 spiro atoms. The van der Waals surface area contributed by atoms with Crippen molar-refractivity contribution in [2.24, 2.45) is 0 Å². The monoisotopic (exact) mass is 221 g/mol. The fourth-order valence-corrected chi connectivity index (χ4v) is 1.67. The second-order valence-electron chi connectivity index (χ2n) is 2.71. The van der Waals surface area contributed by atoms with Gasteiger partial charge in [-0.1, -0.05) is 0 Å². The van der Waals surface area contributed by atoms with Gasteiger partial charge in [-0.3, -0.25) is 0 Å². The maximum absolute atomic E-state index is 11.4. The van der Waals surface area contributed by atoms with Crippen LogP contribution in [0.2, 0.25) is 0 Å². The van der Waals surface area contributed by atoms with Crippen LogP contribution in [0.5, 0.6) is 0 Å². The highest BCUT2D eigenvalue weighted by molar-refractivity contribution is 7.87. The number of hydrogen-bond donors (Lipinski definition) is 1. The summed E-state index contributed by atoms with van der Waals surface area (Å²) in [6.45, 7) is 2.00. The second kappa shape index (κ2) is 5.93. The van der Waals surface area contributed by atoms with Gasteiger partial charge in [0, 0.05) is 20.7 Å². The van der Waals surface area contributed by atoms with Crippen molar-refractivity contribution in [1.29, 1.82) is 5.26 Å². The average Bonchev–Trinajstić information content (AvgIpc) is 2.15. The number of nitrogens with one attached hydrogen (secondary N) is 1. The maximum Gasteiger partial charge on any atom is 0.280 e. The molecule has 6 nitrogen and oxygen atoms in total. The van der Waals surface area contributed by atoms with Gasteiger partial charge in [0.05, 0.1) is 12.7 Å². The van der Waals surface area contributed by atoms with Crippen molar-refractivity contribution in [3.8, 4) is 6.07 Å². The zero-order valence-electron chi connectivity index (χ0n) is 8.52. The lowest BCUT2D eigenvalue weighted by Gasteiger charge is -2.19. The lowest BCUT2D eigenvalue weighted by molar-refractivity contribution is 0.203. The molecule has 0 aliphatic carbocycles. The van der Waals surface area contributed by atoms with E-state index in [4.69, 9.17) is 10.00 Å². The summed E-state index contributed by atoms with van der Waals surface area (Å²) in [7, 11) is -0.731. The zero-order chi connectivity index (χ0) is 11.2. The Hall–Kier alpha value is -0.680. The van der Waals surface area contributed by atoms with E-state index in [0.717, 1.165) is 4.31 Å². The molecule has 7 heteroatoms. The Morgan fingerprint density at radius 3 is 2.64 bits per heavy atom. The molecule has 0 radical (unpaired) electrons. The minimum atomic E-state index is -3.56. The summed E-state index contributed by atoms with van der Waals surface area (Å²) in [4.78, 5) is 0. The predicted octanol–water partition coefficient (Wildman–Crippen LogP) is -0.689. The van der Waals surface area contributed by atoms with Crippen LogP contribution in [0, 0.1) is 11.3 Å². The first-order valence-electron chi connectivity index (χ1n) is 4.07. The van der Waals surface area contributed by atoms with Crippen LogP contribution < -0.4 is 4.72 Å². The lowest BCUT2D eigenvalue weighted by Crippen LogP contribution is -2.43. The molecule has 0 fully saturated rings. The zero-order valence-corrected chi connectivity index (χ0v) is 9.34. The third-order valence-electron chi connectivity index (χ3n) is 1.70. The van der Waals surface area contributed by atoms with E-state index in [9.17, 15) is 8.42 Å². The summed E-state index contributed by atoms with van der Waals surface area (Å²) >= 11 is 0. The Balaban J connectivity index is 4.26. The van der Waals surface area contributed by atoms with Crippen LogP contribution in [0.4, 0.5) is 0 Å². The molecular weight excluding hydrogens is 206 g/mol. The number of nitrogens with zero attached hydrogens (tertiary/aromatic N) is 2. The van der Waals surface area contributed by atoms with Gasteiger partial charge in [-0.15, -0.1) is 0 Å². The van der Waals surface area contributed by atoms with Gasteiger partial charge in [-0.05, 0) is 6.92 Å². The van der Waals surface area contributed by atoms with E-state index in [1.165, 1.54) is 21.1 Å². The highest BCUT2D eigenvalue weighted by Crippen LogP contribution is 1.99. The van der Waals surface area contributed by atoms with Crippen LogP contribution in [0.3, 0.4) is 0 Å². The quantitative estimate of drug-likeness (QED) is 0.602. The SMILES string of the molecule is COCCNS(=O)(=O)N(C)C(C)C#N.